The lowest BCUT2D eigenvalue weighted by atomic mass is 10.1. The van der Waals surface area contributed by atoms with Crippen LogP contribution in [0, 0.1) is 6.92 Å². The third kappa shape index (κ3) is 2.61. The number of aliphatic hydroxyl groups is 1. The zero-order chi connectivity index (χ0) is 12.3. The summed E-state index contributed by atoms with van der Waals surface area (Å²) in [5, 5.41) is 9.18. The Labute approximate surface area is 103 Å². The maximum atomic E-state index is 9.18. The molecule has 94 valence electrons. The molecular weight excluding hydrogens is 214 g/mol. The Balaban J connectivity index is 2.23. The second kappa shape index (κ2) is 5.52. The van der Waals surface area contributed by atoms with E-state index in [9.17, 15) is 5.11 Å². The largest absolute Gasteiger partial charge is 0.392 e. The minimum atomic E-state index is 0.117. The monoisotopic (exact) mass is 235 g/mol. The van der Waals surface area contributed by atoms with E-state index in [0.717, 1.165) is 37.3 Å². The van der Waals surface area contributed by atoms with E-state index in [1.807, 2.05) is 6.07 Å². The number of ether oxygens (including phenoxy) is 1. The number of rotatable bonds is 3. The van der Waals surface area contributed by atoms with Crippen LogP contribution in [0.5, 0.6) is 0 Å². The molecule has 0 spiro atoms. The molecule has 0 saturated carbocycles. The maximum Gasteiger partial charge on any atom is 0.0684 e. The van der Waals surface area contributed by atoms with Gasteiger partial charge in [-0.15, -0.1) is 0 Å². The van der Waals surface area contributed by atoms with Gasteiger partial charge < -0.3 is 14.7 Å². The lowest BCUT2D eigenvalue weighted by molar-refractivity contribution is 0.0930. The SMILES string of the molecule is CCC1COCCN1c1ccc(CO)c(C)c1. The molecule has 0 radical (unpaired) electrons. The average molecular weight is 235 g/mol. The van der Waals surface area contributed by atoms with Crippen LogP contribution in [0.1, 0.15) is 24.5 Å². The van der Waals surface area contributed by atoms with Crippen molar-refractivity contribution in [2.24, 2.45) is 0 Å². The molecule has 1 fully saturated rings. The quantitative estimate of drug-likeness (QED) is 0.871. The first-order valence-electron chi connectivity index (χ1n) is 6.31. The Hall–Kier alpha value is -1.06. The Bertz CT molecular complexity index is 378. The molecule has 2 rings (SSSR count). The minimum absolute atomic E-state index is 0.117. The van der Waals surface area contributed by atoms with E-state index in [4.69, 9.17) is 4.74 Å². The van der Waals surface area contributed by atoms with E-state index in [1.165, 1.54) is 5.69 Å². The van der Waals surface area contributed by atoms with Crippen LogP contribution in [0.4, 0.5) is 5.69 Å². The summed E-state index contributed by atoms with van der Waals surface area (Å²) in [6, 6.07) is 6.77. The summed E-state index contributed by atoms with van der Waals surface area (Å²) >= 11 is 0. The Morgan fingerprint density at radius 3 is 2.94 bits per heavy atom. The van der Waals surface area contributed by atoms with E-state index in [1.54, 1.807) is 0 Å². The highest BCUT2D eigenvalue weighted by Gasteiger charge is 2.21. The van der Waals surface area contributed by atoms with E-state index in [2.05, 4.69) is 30.9 Å². The summed E-state index contributed by atoms with van der Waals surface area (Å²) in [6.07, 6.45) is 1.10. The third-order valence-corrected chi connectivity index (χ3v) is 3.53. The van der Waals surface area contributed by atoms with Gasteiger partial charge in [-0.05, 0) is 36.6 Å². The highest BCUT2D eigenvalue weighted by atomic mass is 16.5. The number of nitrogens with zero attached hydrogens (tertiary/aromatic N) is 1. The second-order valence-electron chi connectivity index (χ2n) is 4.60. The molecule has 1 aliphatic heterocycles. The first kappa shape index (κ1) is 12.4. The van der Waals surface area contributed by atoms with Gasteiger partial charge >= 0.3 is 0 Å². The van der Waals surface area contributed by atoms with Crippen molar-refractivity contribution in [2.45, 2.75) is 32.9 Å². The Kier molecular flexibility index (Phi) is 4.02. The van der Waals surface area contributed by atoms with Gasteiger partial charge in [-0.2, -0.15) is 0 Å². The molecule has 1 N–H and O–H groups in total. The number of aryl methyl sites for hydroxylation is 1. The van der Waals surface area contributed by atoms with Gasteiger partial charge in [-0.1, -0.05) is 13.0 Å². The summed E-state index contributed by atoms with van der Waals surface area (Å²) in [5.74, 6) is 0. The van der Waals surface area contributed by atoms with Crippen molar-refractivity contribution in [1.29, 1.82) is 0 Å². The van der Waals surface area contributed by atoms with Gasteiger partial charge in [0.05, 0.1) is 25.9 Å². The molecule has 0 amide bonds. The number of anilines is 1. The molecule has 1 aromatic carbocycles. The number of aliphatic hydroxyl groups excluding tert-OH is 1. The number of benzene rings is 1. The van der Waals surface area contributed by atoms with Gasteiger partial charge in [-0.3, -0.25) is 0 Å². The van der Waals surface area contributed by atoms with E-state index in [-0.39, 0.29) is 6.61 Å². The van der Waals surface area contributed by atoms with E-state index < -0.39 is 0 Å². The lowest BCUT2D eigenvalue weighted by Gasteiger charge is -2.37. The summed E-state index contributed by atoms with van der Waals surface area (Å²) in [6.45, 7) is 6.94. The normalized spacial score (nSPS) is 20.6. The molecular formula is C14H21NO2. The first-order chi connectivity index (χ1) is 8.26. The van der Waals surface area contributed by atoms with Crippen LogP contribution >= 0.6 is 0 Å². The van der Waals surface area contributed by atoms with E-state index >= 15 is 0 Å². The van der Waals surface area contributed by atoms with Crippen molar-refractivity contribution in [3.05, 3.63) is 29.3 Å². The Morgan fingerprint density at radius 1 is 1.47 bits per heavy atom. The predicted molar refractivity (Wildman–Crippen MR) is 69.3 cm³/mol. The fourth-order valence-corrected chi connectivity index (χ4v) is 2.37. The van der Waals surface area contributed by atoms with Gasteiger partial charge in [-0.25, -0.2) is 0 Å². The molecule has 3 heteroatoms. The van der Waals surface area contributed by atoms with Gasteiger partial charge in [0.15, 0.2) is 0 Å². The van der Waals surface area contributed by atoms with Gasteiger partial charge in [0.25, 0.3) is 0 Å². The fourth-order valence-electron chi connectivity index (χ4n) is 2.37. The van der Waals surface area contributed by atoms with Crippen molar-refractivity contribution >= 4 is 5.69 Å². The minimum Gasteiger partial charge on any atom is -0.392 e. The maximum absolute atomic E-state index is 9.18. The highest BCUT2D eigenvalue weighted by molar-refractivity contribution is 5.52. The molecule has 1 aromatic rings. The fraction of sp³-hybridized carbons (Fsp3) is 0.571. The van der Waals surface area contributed by atoms with Crippen molar-refractivity contribution in [1.82, 2.24) is 0 Å². The van der Waals surface area contributed by atoms with Crippen molar-refractivity contribution in [3.63, 3.8) is 0 Å². The second-order valence-corrected chi connectivity index (χ2v) is 4.60. The molecule has 0 aromatic heterocycles. The van der Waals surface area contributed by atoms with Crippen molar-refractivity contribution in [2.75, 3.05) is 24.7 Å². The van der Waals surface area contributed by atoms with E-state index in [0.29, 0.717) is 6.04 Å². The summed E-state index contributed by atoms with van der Waals surface area (Å²) in [4.78, 5) is 2.41. The third-order valence-electron chi connectivity index (χ3n) is 3.53. The van der Waals surface area contributed by atoms with Crippen LogP contribution in [0.15, 0.2) is 18.2 Å². The predicted octanol–water partition coefficient (Wildman–Crippen LogP) is 2.10. The molecule has 1 aliphatic rings. The molecule has 17 heavy (non-hydrogen) atoms. The van der Waals surface area contributed by atoms with Crippen LogP contribution in [0.25, 0.3) is 0 Å². The summed E-state index contributed by atoms with van der Waals surface area (Å²) < 4.78 is 5.52. The topological polar surface area (TPSA) is 32.7 Å². The van der Waals surface area contributed by atoms with Crippen LogP contribution in [0.2, 0.25) is 0 Å². The smallest absolute Gasteiger partial charge is 0.0684 e. The van der Waals surface area contributed by atoms with Crippen molar-refractivity contribution in [3.8, 4) is 0 Å². The molecule has 3 nitrogen and oxygen atoms in total. The number of hydrogen-bond acceptors (Lipinski definition) is 3. The molecule has 1 unspecified atom stereocenters. The zero-order valence-electron chi connectivity index (χ0n) is 10.6. The molecule has 1 atom stereocenters. The summed E-state index contributed by atoms with van der Waals surface area (Å²) in [5.41, 5.74) is 3.41. The van der Waals surface area contributed by atoms with Gasteiger partial charge in [0, 0.05) is 12.2 Å². The average Bonchev–Trinajstić information content (AvgIpc) is 2.38. The van der Waals surface area contributed by atoms with Gasteiger partial charge in [0.1, 0.15) is 0 Å². The lowest BCUT2D eigenvalue weighted by Crippen LogP contribution is -2.45. The van der Waals surface area contributed by atoms with Crippen LogP contribution in [-0.2, 0) is 11.3 Å². The molecule has 0 bridgehead atoms. The first-order valence-corrected chi connectivity index (χ1v) is 6.31. The van der Waals surface area contributed by atoms with Crippen LogP contribution in [-0.4, -0.2) is 30.9 Å². The highest BCUT2D eigenvalue weighted by Crippen LogP contribution is 2.24. The molecule has 1 heterocycles. The Morgan fingerprint density at radius 2 is 2.29 bits per heavy atom. The zero-order valence-corrected chi connectivity index (χ0v) is 10.6. The number of morpholine rings is 1. The van der Waals surface area contributed by atoms with Crippen molar-refractivity contribution < 1.29 is 9.84 Å². The standard InChI is InChI=1S/C14H21NO2/c1-3-13-10-17-7-6-15(13)14-5-4-12(9-16)11(2)8-14/h4-5,8,13,16H,3,6-7,9-10H2,1-2H3. The summed E-state index contributed by atoms with van der Waals surface area (Å²) in [7, 11) is 0. The van der Waals surface area contributed by atoms with Gasteiger partial charge in [0.2, 0.25) is 0 Å². The number of hydrogen-bond donors (Lipinski definition) is 1. The van der Waals surface area contributed by atoms with Crippen LogP contribution in [0.3, 0.4) is 0 Å². The molecule has 0 aliphatic carbocycles. The molecule has 1 saturated heterocycles. The van der Waals surface area contributed by atoms with Crippen LogP contribution < -0.4 is 4.90 Å².